The number of imidazole rings is 1. The molecule has 0 fully saturated rings. The Morgan fingerprint density at radius 2 is 2.08 bits per heavy atom. The molecule has 3 aromatic heterocycles. The molecule has 0 saturated heterocycles. The number of nitrogens with zero attached hydrogens (tertiary/aromatic N) is 4. The van der Waals surface area contributed by atoms with Crippen LogP contribution in [-0.4, -0.2) is 25.1 Å². The standard InChI is InChI=1S/C17H15N5OS/c23-16(18-10-14-12-21-6-7-24-17(21)20-14)8-13-9-19-22(11-13)15-4-2-1-3-5-15/h1-7,9,11-12H,8,10H2,(H,18,23). The highest BCUT2D eigenvalue weighted by molar-refractivity contribution is 7.15. The summed E-state index contributed by atoms with van der Waals surface area (Å²) >= 11 is 1.57. The molecule has 3 heterocycles. The van der Waals surface area contributed by atoms with Crippen LogP contribution in [-0.2, 0) is 17.8 Å². The van der Waals surface area contributed by atoms with Gasteiger partial charge in [-0.2, -0.15) is 5.10 Å². The molecule has 1 aromatic carbocycles. The van der Waals surface area contributed by atoms with Crippen molar-refractivity contribution in [3.8, 4) is 5.69 Å². The molecule has 4 aromatic rings. The number of thiazole rings is 1. The lowest BCUT2D eigenvalue weighted by Crippen LogP contribution is -2.24. The molecule has 0 spiro atoms. The molecule has 0 aliphatic rings. The van der Waals surface area contributed by atoms with E-state index in [0.29, 0.717) is 13.0 Å². The van der Waals surface area contributed by atoms with Gasteiger partial charge in [-0.3, -0.25) is 9.20 Å². The predicted molar refractivity (Wildman–Crippen MR) is 92.2 cm³/mol. The number of para-hydroxylation sites is 1. The van der Waals surface area contributed by atoms with Gasteiger partial charge in [0.1, 0.15) is 0 Å². The van der Waals surface area contributed by atoms with Crippen LogP contribution in [0.25, 0.3) is 10.6 Å². The van der Waals surface area contributed by atoms with E-state index >= 15 is 0 Å². The fourth-order valence-electron chi connectivity index (χ4n) is 2.47. The van der Waals surface area contributed by atoms with Gasteiger partial charge in [-0.15, -0.1) is 11.3 Å². The van der Waals surface area contributed by atoms with Gasteiger partial charge in [0.2, 0.25) is 5.91 Å². The molecule has 0 aliphatic heterocycles. The summed E-state index contributed by atoms with van der Waals surface area (Å²) in [5, 5.41) is 9.18. The summed E-state index contributed by atoms with van der Waals surface area (Å²) in [5.74, 6) is -0.0426. The zero-order valence-electron chi connectivity index (χ0n) is 12.8. The van der Waals surface area contributed by atoms with E-state index in [0.717, 1.165) is 21.9 Å². The van der Waals surface area contributed by atoms with Crippen LogP contribution in [0.1, 0.15) is 11.3 Å². The molecule has 24 heavy (non-hydrogen) atoms. The summed E-state index contributed by atoms with van der Waals surface area (Å²) in [4.78, 5) is 17.5. The van der Waals surface area contributed by atoms with Crippen LogP contribution in [0, 0.1) is 0 Å². The van der Waals surface area contributed by atoms with Crippen LogP contribution in [0.4, 0.5) is 0 Å². The van der Waals surface area contributed by atoms with Crippen molar-refractivity contribution in [1.82, 2.24) is 24.5 Å². The lowest BCUT2D eigenvalue weighted by atomic mass is 10.2. The van der Waals surface area contributed by atoms with E-state index in [4.69, 9.17) is 0 Å². The third-order valence-corrected chi connectivity index (χ3v) is 4.40. The molecular weight excluding hydrogens is 322 g/mol. The Hall–Kier alpha value is -2.93. The SMILES string of the molecule is O=C(Cc1cnn(-c2ccccc2)c1)NCc1cn2ccsc2n1. The first-order chi connectivity index (χ1) is 11.8. The van der Waals surface area contributed by atoms with E-state index in [1.54, 1.807) is 22.2 Å². The van der Waals surface area contributed by atoms with Crippen LogP contribution >= 0.6 is 11.3 Å². The van der Waals surface area contributed by atoms with Crippen LogP contribution in [0.5, 0.6) is 0 Å². The minimum absolute atomic E-state index is 0.0426. The first-order valence-electron chi connectivity index (χ1n) is 7.55. The first-order valence-corrected chi connectivity index (χ1v) is 8.43. The average molecular weight is 337 g/mol. The summed E-state index contributed by atoms with van der Waals surface area (Å²) in [6.07, 6.45) is 7.78. The molecule has 4 rings (SSSR count). The summed E-state index contributed by atoms with van der Waals surface area (Å²) in [7, 11) is 0. The Balaban J connectivity index is 1.36. The van der Waals surface area contributed by atoms with Gasteiger partial charge in [0.15, 0.2) is 4.96 Å². The Bertz CT molecular complexity index is 941. The summed E-state index contributed by atoms with van der Waals surface area (Å²) in [6.45, 7) is 0.431. The lowest BCUT2D eigenvalue weighted by molar-refractivity contribution is -0.120. The van der Waals surface area contributed by atoms with E-state index in [9.17, 15) is 4.79 Å². The van der Waals surface area contributed by atoms with Gasteiger partial charge in [-0.1, -0.05) is 18.2 Å². The molecule has 1 N–H and O–H groups in total. The number of aromatic nitrogens is 4. The summed E-state index contributed by atoms with van der Waals surface area (Å²) < 4.78 is 3.72. The van der Waals surface area contributed by atoms with Crippen LogP contribution in [0.15, 0.2) is 60.5 Å². The van der Waals surface area contributed by atoms with Gasteiger partial charge in [0.05, 0.1) is 30.5 Å². The Labute approximate surface area is 142 Å². The minimum atomic E-state index is -0.0426. The highest BCUT2D eigenvalue weighted by Gasteiger charge is 2.08. The van der Waals surface area contributed by atoms with Gasteiger partial charge in [-0.25, -0.2) is 9.67 Å². The second-order valence-electron chi connectivity index (χ2n) is 5.41. The zero-order chi connectivity index (χ0) is 16.4. The predicted octanol–water partition coefficient (Wildman–Crippen LogP) is 2.44. The molecule has 0 aliphatic carbocycles. The minimum Gasteiger partial charge on any atom is -0.350 e. The number of hydrogen-bond donors (Lipinski definition) is 1. The van der Waals surface area contributed by atoms with Crippen LogP contribution < -0.4 is 5.32 Å². The maximum absolute atomic E-state index is 12.1. The number of benzene rings is 1. The number of carbonyl (C=O) groups is 1. The topological polar surface area (TPSA) is 64.2 Å². The van der Waals surface area contributed by atoms with Crippen molar-refractivity contribution in [3.05, 3.63) is 71.8 Å². The third kappa shape index (κ3) is 3.07. The molecular formula is C17H15N5OS. The fraction of sp³-hybridized carbons (Fsp3) is 0.118. The van der Waals surface area contributed by atoms with E-state index in [1.165, 1.54) is 0 Å². The van der Waals surface area contributed by atoms with Crippen molar-refractivity contribution < 1.29 is 4.79 Å². The molecule has 0 atom stereocenters. The maximum Gasteiger partial charge on any atom is 0.224 e. The lowest BCUT2D eigenvalue weighted by Gasteiger charge is -2.02. The van der Waals surface area contributed by atoms with Crippen LogP contribution in [0.3, 0.4) is 0 Å². The van der Waals surface area contributed by atoms with Crippen molar-refractivity contribution in [1.29, 1.82) is 0 Å². The Morgan fingerprint density at radius 3 is 2.92 bits per heavy atom. The van der Waals surface area contributed by atoms with Crippen molar-refractivity contribution in [3.63, 3.8) is 0 Å². The van der Waals surface area contributed by atoms with E-state index in [2.05, 4.69) is 15.4 Å². The van der Waals surface area contributed by atoms with Crippen molar-refractivity contribution in [2.75, 3.05) is 0 Å². The first kappa shape index (κ1) is 14.6. The number of rotatable bonds is 5. The molecule has 0 unspecified atom stereocenters. The van der Waals surface area contributed by atoms with E-state index in [1.807, 2.05) is 58.7 Å². The fourth-order valence-corrected chi connectivity index (χ4v) is 3.19. The molecule has 120 valence electrons. The number of hydrogen-bond acceptors (Lipinski definition) is 4. The van der Waals surface area contributed by atoms with Crippen LogP contribution in [0.2, 0.25) is 0 Å². The highest BCUT2D eigenvalue weighted by Crippen LogP contribution is 2.11. The Kier molecular flexibility index (Phi) is 3.84. The van der Waals surface area contributed by atoms with Gasteiger partial charge in [0, 0.05) is 24.0 Å². The molecule has 7 heteroatoms. The zero-order valence-corrected chi connectivity index (χ0v) is 13.6. The average Bonchev–Trinajstić information content (AvgIpc) is 3.29. The van der Waals surface area contributed by atoms with Gasteiger partial charge in [0.25, 0.3) is 0 Å². The van der Waals surface area contributed by atoms with E-state index < -0.39 is 0 Å². The maximum atomic E-state index is 12.1. The number of nitrogens with one attached hydrogen (secondary N) is 1. The van der Waals surface area contributed by atoms with Gasteiger partial charge >= 0.3 is 0 Å². The third-order valence-electron chi connectivity index (χ3n) is 3.63. The summed E-state index contributed by atoms with van der Waals surface area (Å²) in [6, 6.07) is 9.82. The van der Waals surface area contributed by atoms with E-state index in [-0.39, 0.29) is 5.91 Å². The van der Waals surface area contributed by atoms with Gasteiger partial charge < -0.3 is 5.32 Å². The molecule has 0 radical (unpaired) electrons. The summed E-state index contributed by atoms with van der Waals surface area (Å²) in [5.41, 5.74) is 2.71. The van der Waals surface area contributed by atoms with Crippen molar-refractivity contribution in [2.24, 2.45) is 0 Å². The van der Waals surface area contributed by atoms with Crippen molar-refractivity contribution in [2.45, 2.75) is 13.0 Å². The largest absolute Gasteiger partial charge is 0.350 e. The smallest absolute Gasteiger partial charge is 0.224 e. The molecule has 6 nitrogen and oxygen atoms in total. The number of fused-ring (bicyclic) bond motifs is 1. The molecule has 0 saturated carbocycles. The quantitative estimate of drug-likeness (QED) is 0.608. The van der Waals surface area contributed by atoms with Gasteiger partial charge in [-0.05, 0) is 17.7 Å². The molecule has 0 bridgehead atoms. The normalized spacial score (nSPS) is 11.0. The van der Waals surface area contributed by atoms with Crippen molar-refractivity contribution >= 4 is 22.2 Å². The second kappa shape index (κ2) is 6.29. The molecule has 1 amide bonds. The monoisotopic (exact) mass is 337 g/mol. The number of carbonyl (C=O) groups excluding carboxylic acids is 1. The second-order valence-corrected chi connectivity index (χ2v) is 6.28. The number of amides is 1. The highest BCUT2D eigenvalue weighted by atomic mass is 32.1. The Morgan fingerprint density at radius 1 is 1.21 bits per heavy atom.